The zero-order valence-electron chi connectivity index (χ0n) is 22.7. The second-order valence-corrected chi connectivity index (χ2v) is 9.16. The average Bonchev–Trinajstić information content (AvgIpc) is 2.99. The van der Waals surface area contributed by atoms with Crippen molar-refractivity contribution in [1.82, 2.24) is 0 Å². The second-order valence-electron chi connectivity index (χ2n) is 9.16. The van der Waals surface area contributed by atoms with E-state index in [0.717, 1.165) is 13.8 Å². The molecule has 11 nitrogen and oxygen atoms in total. The lowest BCUT2D eigenvalue weighted by Crippen LogP contribution is -2.63. The van der Waals surface area contributed by atoms with Crippen LogP contribution in [-0.4, -0.2) is 67.2 Å². The van der Waals surface area contributed by atoms with Crippen LogP contribution in [0.5, 0.6) is 0 Å². The van der Waals surface area contributed by atoms with Crippen LogP contribution in [0.25, 0.3) is 0 Å². The SMILES string of the molecule is CC(=O)OCC1OC(OC(C)=O)[C@@H](OC(=O)c2ccccc2)[C@H](OC(=O)c2ccccc2)C1OC(=O)c1ccccc1. The van der Waals surface area contributed by atoms with Crippen LogP contribution in [-0.2, 0) is 38.0 Å². The van der Waals surface area contributed by atoms with Crippen LogP contribution in [0.15, 0.2) is 91.0 Å². The predicted octanol–water partition coefficient (Wildman–Crippen LogP) is 3.51. The Kier molecular flexibility index (Phi) is 10.0. The maximum absolute atomic E-state index is 13.3. The van der Waals surface area contributed by atoms with Gasteiger partial charge in [0.05, 0.1) is 16.7 Å². The van der Waals surface area contributed by atoms with Gasteiger partial charge in [0.25, 0.3) is 0 Å². The summed E-state index contributed by atoms with van der Waals surface area (Å²) in [6, 6.07) is 23.8. The van der Waals surface area contributed by atoms with Crippen LogP contribution < -0.4 is 0 Å². The molecule has 0 radical (unpaired) electrons. The number of benzene rings is 3. The molecule has 1 saturated heterocycles. The largest absolute Gasteiger partial charge is 0.463 e. The molecule has 0 bridgehead atoms. The Bertz CT molecular complexity index is 1390. The minimum absolute atomic E-state index is 0.144. The van der Waals surface area contributed by atoms with Crippen molar-refractivity contribution in [2.45, 2.75) is 44.6 Å². The highest BCUT2D eigenvalue weighted by Gasteiger charge is 2.54. The maximum atomic E-state index is 13.3. The fraction of sp³-hybridized carbons (Fsp3) is 0.258. The summed E-state index contributed by atoms with van der Waals surface area (Å²) < 4.78 is 33.7. The number of rotatable bonds is 9. The van der Waals surface area contributed by atoms with Gasteiger partial charge >= 0.3 is 29.8 Å². The standard InChI is InChI=1S/C31H28O11/c1-19(32)37-18-24-25(40-28(34)21-12-6-3-7-13-21)26(41-29(35)22-14-8-4-9-15-22)27(31(39-24)38-20(2)33)42-30(36)23-16-10-5-11-17-23/h3-17,24-27,31H,18H2,1-2H3/t24?,25?,26-,27+,31?/m1/s1. The number of ether oxygens (including phenoxy) is 6. The number of carbonyl (C=O) groups excluding carboxylic acids is 5. The van der Waals surface area contributed by atoms with Gasteiger partial charge in [-0.2, -0.15) is 0 Å². The Morgan fingerprint density at radius 2 is 0.952 bits per heavy atom. The normalized spacial score (nSPS) is 21.3. The van der Waals surface area contributed by atoms with Crippen LogP contribution in [0.3, 0.4) is 0 Å². The first-order valence-electron chi connectivity index (χ1n) is 13.0. The third-order valence-electron chi connectivity index (χ3n) is 6.08. The van der Waals surface area contributed by atoms with Crippen molar-refractivity contribution in [1.29, 1.82) is 0 Å². The molecule has 1 aliphatic heterocycles. The summed E-state index contributed by atoms with van der Waals surface area (Å²) in [6.45, 7) is 1.79. The lowest BCUT2D eigenvalue weighted by molar-refractivity contribution is -0.290. The van der Waals surface area contributed by atoms with Gasteiger partial charge in [0, 0.05) is 13.8 Å². The molecule has 0 aromatic heterocycles. The molecule has 5 atom stereocenters. The average molecular weight is 577 g/mol. The van der Waals surface area contributed by atoms with Gasteiger partial charge in [-0.25, -0.2) is 14.4 Å². The molecule has 1 heterocycles. The summed E-state index contributed by atoms with van der Waals surface area (Å²) >= 11 is 0. The van der Waals surface area contributed by atoms with Crippen molar-refractivity contribution in [3.8, 4) is 0 Å². The van der Waals surface area contributed by atoms with Crippen LogP contribution >= 0.6 is 0 Å². The Balaban J connectivity index is 1.76. The summed E-state index contributed by atoms with van der Waals surface area (Å²) in [5.74, 6) is -4.01. The summed E-state index contributed by atoms with van der Waals surface area (Å²) in [7, 11) is 0. The molecule has 11 heteroatoms. The first-order chi connectivity index (χ1) is 20.2. The van der Waals surface area contributed by atoms with Crippen molar-refractivity contribution in [2.75, 3.05) is 6.61 Å². The quantitative estimate of drug-likeness (QED) is 0.273. The van der Waals surface area contributed by atoms with E-state index in [1.165, 1.54) is 36.4 Å². The van der Waals surface area contributed by atoms with E-state index in [1.807, 2.05) is 0 Å². The Labute approximate surface area is 241 Å². The molecule has 1 aliphatic rings. The van der Waals surface area contributed by atoms with Crippen molar-refractivity contribution in [3.05, 3.63) is 108 Å². The van der Waals surface area contributed by atoms with Crippen LogP contribution in [0.4, 0.5) is 0 Å². The summed E-state index contributed by atoms with van der Waals surface area (Å²) in [5, 5.41) is 0. The number of carbonyl (C=O) groups is 5. The van der Waals surface area contributed by atoms with Gasteiger partial charge in [-0.15, -0.1) is 0 Å². The Morgan fingerprint density at radius 3 is 1.36 bits per heavy atom. The molecule has 4 rings (SSSR count). The second kappa shape index (κ2) is 14.0. The molecule has 0 N–H and O–H groups in total. The monoisotopic (exact) mass is 576 g/mol. The molecule has 218 valence electrons. The number of esters is 5. The Hall–Kier alpha value is -5.03. The molecule has 0 amide bonds. The van der Waals surface area contributed by atoms with E-state index < -0.39 is 67.2 Å². The molecule has 0 spiro atoms. The van der Waals surface area contributed by atoms with E-state index >= 15 is 0 Å². The lowest BCUT2D eigenvalue weighted by Gasteiger charge is -2.43. The first kappa shape index (κ1) is 29.9. The van der Waals surface area contributed by atoms with E-state index in [9.17, 15) is 24.0 Å². The first-order valence-corrected chi connectivity index (χ1v) is 13.0. The van der Waals surface area contributed by atoms with Crippen LogP contribution in [0.1, 0.15) is 44.9 Å². The molecule has 1 fully saturated rings. The molecular weight excluding hydrogens is 548 g/mol. The van der Waals surface area contributed by atoms with Crippen molar-refractivity contribution >= 4 is 29.8 Å². The highest BCUT2D eigenvalue weighted by atomic mass is 16.7. The van der Waals surface area contributed by atoms with Gasteiger partial charge in [-0.05, 0) is 36.4 Å². The van der Waals surface area contributed by atoms with E-state index in [1.54, 1.807) is 54.6 Å². The molecule has 3 aromatic carbocycles. The van der Waals surface area contributed by atoms with E-state index in [-0.39, 0.29) is 16.7 Å². The summed E-state index contributed by atoms with van der Waals surface area (Å²) in [5.41, 5.74) is 0.453. The van der Waals surface area contributed by atoms with E-state index in [0.29, 0.717) is 0 Å². The van der Waals surface area contributed by atoms with Gasteiger partial charge in [0.2, 0.25) is 12.4 Å². The van der Waals surface area contributed by atoms with Gasteiger partial charge in [0.1, 0.15) is 12.7 Å². The number of hydrogen-bond donors (Lipinski definition) is 0. The fourth-order valence-electron chi connectivity index (χ4n) is 4.17. The molecule has 0 aliphatic carbocycles. The third kappa shape index (κ3) is 7.79. The zero-order chi connectivity index (χ0) is 30.1. The van der Waals surface area contributed by atoms with Gasteiger partial charge < -0.3 is 28.4 Å². The highest BCUT2D eigenvalue weighted by Crippen LogP contribution is 2.31. The number of hydrogen-bond acceptors (Lipinski definition) is 11. The fourth-order valence-corrected chi connectivity index (χ4v) is 4.17. The predicted molar refractivity (Wildman–Crippen MR) is 144 cm³/mol. The van der Waals surface area contributed by atoms with E-state index in [2.05, 4.69) is 0 Å². The van der Waals surface area contributed by atoms with E-state index in [4.69, 9.17) is 28.4 Å². The molecule has 3 unspecified atom stereocenters. The third-order valence-corrected chi connectivity index (χ3v) is 6.08. The van der Waals surface area contributed by atoms with Gasteiger partial charge in [0.15, 0.2) is 12.2 Å². The topological polar surface area (TPSA) is 141 Å². The Morgan fingerprint density at radius 1 is 0.548 bits per heavy atom. The highest BCUT2D eigenvalue weighted by molar-refractivity contribution is 5.91. The smallest absolute Gasteiger partial charge is 0.338 e. The maximum Gasteiger partial charge on any atom is 0.338 e. The van der Waals surface area contributed by atoms with Crippen LogP contribution in [0.2, 0.25) is 0 Å². The molecule has 0 saturated carbocycles. The molecular formula is C31H28O11. The summed E-state index contributed by atoms with van der Waals surface area (Å²) in [4.78, 5) is 63.4. The molecule has 3 aromatic rings. The summed E-state index contributed by atoms with van der Waals surface area (Å²) in [6.07, 6.45) is -7.58. The minimum Gasteiger partial charge on any atom is -0.463 e. The van der Waals surface area contributed by atoms with Crippen molar-refractivity contribution < 1.29 is 52.4 Å². The van der Waals surface area contributed by atoms with Crippen molar-refractivity contribution in [2.24, 2.45) is 0 Å². The minimum atomic E-state index is -1.63. The zero-order valence-corrected chi connectivity index (χ0v) is 22.7. The molecule has 42 heavy (non-hydrogen) atoms. The lowest BCUT2D eigenvalue weighted by atomic mass is 9.97. The van der Waals surface area contributed by atoms with Gasteiger partial charge in [-0.1, -0.05) is 54.6 Å². The van der Waals surface area contributed by atoms with Crippen molar-refractivity contribution in [3.63, 3.8) is 0 Å². The van der Waals surface area contributed by atoms with Crippen LogP contribution in [0, 0.1) is 0 Å². The van der Waals surface area contributed by atoms with Gasteiger partial charge in [-0.3, -0.25) is 9.59 Å².